The van der Waals surface area contributed by atoms with Gasteiger partial charge < -0.3 is 40.3 Å². The second kappa shape index (κ2) is 28.8. The number of hydrogen-bond acceptors (Lipinski definition) is 9. The highest BCUT2D eigenvalue weighted by atomic mass is 19.4. The normalized spacial score (nSPS) is 25.8. The van der Waals surface area contributed by atoms with Gasteiger partial charge in [-0.1, -0.05) is 142 Å². The molecule has 2 heterocycles. The first kappa shape index (κ1) is 47.6. The van der Waals surface area contributed by atoms with Crippen molar-refractivity contribution >= 4 is 0 Å². The van der Waals surface area contributed by atoms with Gasteiger partial charge in [0.25, 0.3) is 0 Å². The number of rotatable bonds is 32. The van der Waals surface area contributed by atoms with E-state index in [0.29, 0.717) is 19.3 Å². The summed E-state index contributed by atoms with van der Waals surface area (Å²) in [5, 5.41) is 57.3. The van der Waals surface area contributed by atoms with Gasteiger partial charge in [-0.2, -0.15) is 13.2 Å². The van der Waals surface area contributed by atoms with E-state index in [1.807, 2.05) is 0 Å². The van der Waals surface area contributed by atoms with Gasteiger partial charge in [-0.3, -0.25) is 5.32 Å². The summed E-state index contributed by atoms with van der Waals surface area (Å²) < 4.78 is 53.9. The number of hydrogen-bond donors (Lipinski definition) is 7. The van der Waals surface area contributed by atoms with Gasteiger partial charge in [0.15, 0.2) is 6.29 Å². The van der Waals surface area contributed by atoms with Gasteiger partial charge >= 0.3 is 6.18 Å². The molecular formula is C40H77F3N2O7. The molecule has 2 rings (SSSR count). The van der Waals surface area contributed by atoms with E-state index in [9.17, 15) is 38.7 Å². The van der Waals surface area contributed by atoms with Gasteiger partial charge in [0.1, 0.15) is 30.5 Å². The fourth-order valence-electron chi connectivity index (χ4n) is 7.65. The van der Waals surface area contributed by atoms with E-state index in [2.05, 4.69) is 17.6 Å². The van der Waals surface area contributed by atoms with Crippen LogP contribution >= 0.6 is 0 Å². The van der Waals surface area contributed by atoms with E-state index in [4.69, 9.17) is 9.47 Å². The molecule has 2 aliphatic rings. The van der Waals surface area contributed by atoms with Crippen molar-refractivity contribution in [3.8, 4) is 0 Å². The molecular weight excluding hydrogens is 677 g/mol. The molecule has 0 bridgehead atoms. The van der Waals surface area contributed by atoms with Crippen molar-refractivity contribution in [1.29, 1.82) is 0 Å². The zero-order valence-corrected chi connectivity index (χ0v) is 32.4. The second-order valence-electron chi connectivity index (χ2n) is 15.8. The lowest BCUT2D eigenvalue weighted by Crippen LogP contribution is -2.60. The highest BCUT2D eigenvalue weighted by molar-refractivity contribution is 4.90. The van der Waals surface area contributed by atoms with Crippen molar-refractivity contribution in [1.82, 2.24) is 10.6 Å². The van der Waals surface area contributed by atoms with Crippen molar-refractivity contribution in [2.45, 2.75) is 223 Å². The van der Waals surface area contributed by atoms with Crippen LogP contribution in [0.2, 0.25) is 0 Å². The van der Waals surface area contributed by atoms with Crippen LogP contribution in [0.25, 0.3) is 0 Å². The molecule has 0 amide bonds. The Balaban J connectivity index is 1.79. The molecule has 7 unspecified atom stereocenters. The van der Waals surface area contributed by atoms with E-state index in [1.54, 1.807) is 0 Å². The van der Waals surface area contributed by atoms with Crippen LogP contribution in [0.4, 0.5) is 13.2 Å². The van der Waals surface area contributed by atoms with E-state index >= 15 is 0 Å². The van der Waals surface area contributed by atoms with E-state index in [-0.39, 0.29) is 12.8 Å². The van der Waals surface area contributed by atoms with Gasteiger partial charge in [-0.15, -0.1) is 0 Å². The molecule has 2 fully saturated rings. The minimum Gasteiger partial charge on any atom is -0.394 e. The second-order valence-corrected chi connectivity index (χ2v) is 15.8. The van der Waals surface area contributed by atoms with Crippen LogP contribution in [0.15, 0.2) is 0 Å². The predicted octanol–water partition coefficient (Wildman–Crippen LogP) is 7.04. The van der Waals surface area contributed by atoms with Gasteiger partial charge in [0, 0.05) is 0 Å². The van der Waals surface area contributed by atoms with Gasteiger partial charge in [0.2, 0.25) is 0 Å². The highest BCUT2D eigenvalue weighted by Gasteiger charge is 2.45. The lowest BCUT2D eigenvalue weighted by atomic mass is 9.98. The Morgan fingerprint density at radius 1 is 0.731 bits per heavy atom. The topological polar surface area (TPSA) is 144 Å². The van der Waals surface area contributed by atoms with Gasteiger partial charge in [-0.05, 0) is 44.7 Å². The summed E-state index contributed by atoms with van der Waals surface area (Å²) in [7, 11) is 0. The van der Waals surface area contributed by atoms with Crippen LogP contribution in [0.1, 0.15) is 167 Å². The monoisotopic (exact) mass is 755 g/mol. The molecule has 52 heavy (non-hydrogen) atoms. The van der Waals surface area contributed by atoms with Crippen molar-refractivity contribution in [3.05, 3.63) is 0 Å². The molecule has 9 nitrogen and oxygen atoms in total. The molecule has 0 saturated carbocycles. The minimum absolute atomic E-state index is 0.124. The lowest BCUT2D eigenvalue weighted by Gasteiger charge is -2.40. The number of halogens is 3. The molecule has 0 aromatic carbocycles. The first-order valence-corrected chi connectivity index (χ1v) is 21.2. The first-order chi connectivity index (χ1) is 25.1. The molecule has 310 valence electrons. The van der Waals surface area contributed by atoms with Crippen LogP contribution in [0.5, 0.6) is 0 Å². The molecule has 7 N–H and O–H groups in total. The maximum absolute atomic E-state index is 14.3. The number of aliphatic hydroxyl groups excluding tert-OH is 5. The molecule has 12 heteroatoms. The number of aliphatic hydroxyl groups is 5. The van der Waals surface area contributed by atoms with Crippen molar-refractivity contribution in [2.75, 3.05) is 26.3 Å². The van der Waals surface area contributed by atoms with Crippen LogP contribution in [0.3, 0.4) is 0 Å². The summed E-state index contributed by atoms with van der Waals surface area (Å²) in [4.78, 5) is 0. The predicted molar refractivity (Wildman–Crippen MR) is 200 cm³/mol. The maximum atomic E-state index is 14.3. The number of alkyl halides is 3. The molecule has 0 aromatic rings. The van der Waals surface area contributed by atoms with E-state index < -0.39 is 68.3 Å². The molecule has 2 aliphatic heterocycles. The Labute approximate surface area is 313 Å². The average molecular weight is 755 g/mol. The molecule has 9 atom stereocenters. The summed E-state index contributed by atoms with van der Waals surface area (Å²) in [6.07, 6.45) is 12.2. The Bertz CT molecular complexity index is 837. The lowest BCUT2D eigenvalue weighted by molar-refractivity contribution is -0.303. The summed E-state index contributed by atoms with van der Waals surface area (Å²) >= 11 is 0. The van der Waals surface area contributed by atoms with Crippen molar-refractivity contribution < 1.29 is 48.2 Å². The fourth-order valence-corrected chi connectivity index (χ4v) is 7.65. The van der Waals surface area contributed by atoms with Gasteiger partial charge in [0.05, 0.1) is 25.4 Å². The van der Waals surface area contributed by atoms with E-state index in [1.165, 1.54) is 89.9 Å². The third-order valence-electron chi connectivity index (χ3n) is 11.2. The third-order valence-corrected chi connectivity index (χ3v) is 11.2. The summed E-state index contributed by atoms with van der Waals surface area (Å²) in [5.74, 6) is 0.814. The Morgan fingerprint density at radius 2 is 1.25 bits per heavy atom. The largest absolute Gasteiger partial charge is 0.403 e. The molecule has 0 aliphatic carbocycles. The van der Waals surface area contributed by atoms with Crippen LogP contribution in [-0.2, 0) is 9.47 Å². The fraction of sp³-hybridized carbons (Fsp3) is 1.00. The smallest absolute Gasteiger partial charge is 0.394 e. The molecule has 0 spiro atoms. The molecule has 2 saturated heterocycles. The maximum Gasteiger partial charge on any atom is 0.403 e. The Kier molecular flexibility index (Phi) is 26.3. The summed E-state index contributed by atoms with van der Waals surface area (Å²) in [6, 6.07) is -2.96. The van der Waals surface area contributed by atoms with E-state index in [0.717, 1.165) is 57.5 Å². The van der Waals surface area contributed by atoms with Gasteiger partial charge in [-0.25, -0.2) is 0 Å². The number of ether oxygens (including phenoxy) is 2. The van der Waals surface area contributed by atoms with Crippen LogP contribution in [-0.4, -0.2) is 107 Å². The highest BCUT2D eigenvalue weighted by Crippen LogP contribution is 2.27. The standard InChI is InChI=1S/C40H77F3N2O7/c1-2-3-4-5-6-7-8-9-10-11-15-18-21-24-33(47)32(30-51-39-38(50)37(49)36(48)34(29-46)52-39)45-35(40(41,42)43)25-22-19-16-13-12-14-17-20-23-31-26-27-44-28-31/h31-39,44-50H,2-30H2,1H3/t31?,32-,33+,34?,35?,36?,37?,38?,39?/m0/s1. The minimum atomic E-state index is -4.54. The SMILES string of the molecule is CCCCCCCCCCCCCCC[C@@H](O)[C@H](COC1OC(CO)C(O)C(O)C1O)NC(CCCCCCCCCCC1CCNC1)C(F)(F)F. The quantitative estimate of drug-likeness (QED) is 0.0360. The first-order valence-electron chi connectivity index (χ1n) is 21.2. The Morgan fingerprint density at radius 3 is 1.75 bits per heavy atom. The zero-order chi connectivity index (χ0) is 38.0. The zero-order valence-electron chi connectivity index (χ0n) is 32.4. The molecule has 0 radical (unpaired) electrons. The average Bonchev–Trinajstić information content (AvgIpc) is 3.64. The van der Waals surface area contributed by atoms with Crippen LogP contribution in [0, 0.1) is 5.92 Å². The van der Waals surface area contributed by atoms with Crippen LogP contribution < -0.4 is 10.6 Å². The molecule has 0 aromatic heterocycles. The summed E-state index contributed by atoms with van der Waals surface area (Å²) in [6.45, 7) is 3.42. The number of unbranched alkanes of at least 4 members (excludes halogenated alkanes) is 19. The van der Waals surface area contributed by atoms with Crippen molar-refractivity contribution in [3.63, 3.8) is 0 Å². The third kappa shape index (κ3) is 20.4. The summed E-state index contributed by atoms with van der Waals surface area (Å²) in [5.41, 5.74) is 0. The Hall–Kier alpha value is -0.570. The number of nitrogens with one attached hydrogen (secondary N) is 2. The van der Waals surface area contributed by atoms with Crippen molar-refractivity contribution in [2.24, 2.45) is 5.92 Å².